The maximum absolute atomic E-state index is 13.5. The van der Waals surface area contributed by atoms with E-state index in [9.17, 15) is 9.59 Å². The molecular formula is C29H26N2O2. The molecule has 0 bridgehead atoms. The predicted molar refractivity (Wildman–Crippen MR) is 134 cm³/mol. The molecule has 0 radical (unpaired) electrons. The minimum absolute atomic E-state index is 0.196. The van der Waals surface area contributed by atoms with Crippen molar-refractivity contribution >= 4 is 23.2 Å². The fourth-order valence-electron chi connectivity index (χ4n) is 3.80. The van der Waals surface area contributed by atoms with Gasteiger partial charge in [-0.2, -0.15) is 0 Å². The van der Waals surface area contributed by atoms with E-state index < -0.39 is 5.92 Å². The maximum atomic E-state index is 13.5. The fourth-order valence-corrected chi connectivity index (χ4v) is 3.80. The largest absolute Gasteiger partial charge is 0.325 e. The SMILES string of the molecule is Cc1ccc(NC(=O)c2ccccc2NC(=O)C(c2ccccc2)c2ccccc2)cc1C. The molecule has 0 atom stereocenters. The molecule has 4 aromatic carbocycles. The van der Waals surface area contributed by atoms with Gasteiger partial charge in [0.2, 0.25) is 5.91 Å². The molecule has 164 valence electrons. The number of hydrogen-bond donors (Lipinski definition) is 2. The van der Waals surface area contributed by atoms with E-state index in [0.29, 0.717) is 11.3 Å². The van der Waals surface area contributed by atoms with Crippen LogP contribution in [0, 0.1) is 13.8 Å². The second kappa shape index (κ2) is 9.96. The number of carbonyl (C=O) groups excluding carboxylic acids is 2. The van der Waals surface area contributed by atoms with E-state index in [2.05, 4.69) is 10.6 Å². The summed E-state index contributed by atoms with van der Waals surface area (Å²) < 4.78 is 0. The number of benzene rings is 4. The van der Waals surface area contributed by atoms with Gasteiger partial charge in [0.05, 0.1) is 17.2 Å². The summed E-state index contributed by atoms with van der Waals surface area (Å²) in [6, 6.07) is 32.1. The second-order valence-electron chi connectivity index (χ2n) is 8.04. The highest BCUT2D eigenvalue weighted by atomic mass is 16.2. The summed E-state index contributed by atoms with van der Waals surface area (Å²) in [7, 11) is 0. The summed E-state index contributed by atoms with van der Waals surface area (Å²) >= 11 is 0. The highest BCUT2D eigenvalue weighted by Crippen LogP contribution is 2.27. The summed E-state index contributed by atoms with van der Waals surface area (Å²) in [6.07, 6.45) is 0. The van der Waals surface area contributed by atoms with Gasteiger partial charge >= 0.3 is 0 Å². The van der Waals surface area contributed by atoms with Crippen molar-refractivity contribution in [1.29, 1.82) is 0 Å². The first kappa shape index (κ1) is 22.0. The minimum atomic E-state index is -0.497. The molecule has 0 heterocycles. The highest BCUT2D eigenvalue weighted by molar-refractivity contribution is 6.11. The van der Waals surface area contributed by atoms with Crippen molar-refractivity contribution in [1.82, 2.24) is 0 Å². The smallest absolute Gasteiger partial charge is 0.257 e. The van der Waals surface area contributed by atoms with Gasteiger partial charge in [0.15, 0.2) is 0 Å². The van der Waals surface area contributed by atoms with Crippen LogP contribution in [0.4, 0.5) is 11.4 Å². The summed E-state index contributed by atoms with van der Waals surface area (Å²) in [4.78, 5) is 26.5. The molecule has 33 heavy (non-hydrogen) atoms. The van der Waals surface area contributed by atoms with Crippen LogP contribution >= 0.6 is 0 Å². The average molecular weight is 435 g/mol. The first-order chi connectivity index (χ1) is 16.0. The van der Waals surface area contributed by atoms with Crippen molar-refractivity contribution < 1.29 is 9.59 Å². The monoisotopic (exact) mass is 434 g/mol. The standard InChI is InChI=1S/C29H26N2O2/c1-20-17-18-24(19-21(20)2)30-28(32)25-15-9-10-16-26(25)31-29(33)27(22-11-5-3-6-12-22)23-13-7-4-8-14-23/h3-19,27H,1-2H3,(H,30,32)(H,31,33). The van der Waals surface area contributed by atoms with Crippen LogP contribution in [-0.4, -0.2) is 11.8 Å². The number of rotatable bonds is 6. The van der Waals surface area contributed by atoms with E-state index in [1.165, 1.54) is 0 Å². The van der Waals surface area contributed by atoms with Crippen molar-refractivity contribution in [3.63, 3.8) is 0 Å². The predicted octanol–water partition coefficient (Wildman–Crippen LogP) is 6.33. The van der Waals surface area contributed by atoms with Gasteiger partial charge in [-0.3, -0.25) is 9.59 Å². The van der Waals surface area contributed by atoms with E-state index in [1.54, 1.807) is 18.2 Å². The van der Waals surface area contributed by atoms with Crippen LogP contribution in [0.3, 0.4) is 0 Å². The van der Waals surface area contributed by atoms with Crippen LogP contribution in [0.2, 0.25) is 0 Å². The van der Waals surface area contributed by atoms with Gasteiger partial charge in [-0.15, -0.1) is 0 Å². The van der Waals surface area contributed by atoms with Crippen molar-refractivity contribution in [2.24, 2.45) is 0 Å². The lowest BCUT2D eigenvalue weighted by Crippen LogP contribution is -2.24. The Morgan fingerprint density at radius 2 is 1.21 bits per heavy atom. The van der Waals surface area contributed by atoms with Crippen LogP contribution in [0.15, 0.2) is 103 Å². The molecule has 2 N–H and O–H groups in total. The first-order valence-electron chi connectivity index (χ1n) is 10.9. The zero-order chi connectivity index (χ0) is 23.2. The Bertz CT molecular complexity index is 1230. The Kier molecular flexibility index (Phi) is 6.65. The normalized spacial score (nSPS) is 10.6. The Balaban J connectivity index is 1.61. The Morgan fingerprint density at radius 1 is 0.636 bits per heavy atom. The molecule has 0 spiro atoms. The molecule has 4 heteroatoms. The van der Waals surface area contributed by atoms with Gasteiger partial charge in [0, 0.05) is 5.69 Å². The lowest BCUT2D eigenvalue weighted by Gasteiger charge is -2.19. The van der Waals surface area contributed by atoms with Gasteiger partial charge in [0.1, 0.15) is 0 Å². The Hall–Kier alpha value is -4.18. The van der Waals surface area contributed by atoms with Crippen LogP contribution < -0.4 is 10.6 Å². The number of para-hydroxylation sites is 1. The molecule has 0 saturated heterocycles. The molecular weight excluding hydrogens is 408 g/mol. The summed E-state index contributed by atoms with van der Waals surface area (Å²) in [5.41, 5.74) is 5.63. The van der Waals surface area contributed by atoms with Crippen molar-refractivity contribution in [3.8, 4) is 0 Å². The lowest BCUT2D eigenvalue weighted by atomic mass is 9.90. The van der Waals surface area contributed by atoms with Crippen molar-refractivity contribution in [2.75, 3.05) is 10.6 Å². The van der Waals surface area contributed by atoms with Crippen LogP contribution in [-0.2, 0) is 4.79 Å². The van der Waals surface area contributed by atoms with E-state index in [1.807, 2.05) is 98.8 Å². The number of carbonyl (C=O) groups is 2. The quantitative estimate of drug-likeness (QED) is 0.373. The molecule has 0 fully saturated rings. The van der Waals surface area contributed by atoms with Crippen LogP contribution in [0.1, 0.15) is 38.5 Å². The van der Waals surface area contributed by atoms with E-state index in [-0.39, 0.29) is 11.8 Å². The van der Waals surface area contributed by atoms with Gasteiger partial charge in [-0.25, -0.2) is 0 Å². The van der Waals surface area contributed by atoms with Gasteiger partial charge < -0.3 is 10.6 Å². The Labute approximate surface area is 194 Å². The average Bonchev–Trinajstić information content (AvgIpc) is 2.83. The van der Waals surface area contributed by atoms with Crippen molar-refractivity contribution in [3.05, 3.63) is 131 Å². The van der Waals surface area contributed by atoms with Gasteiger partial charge in [-0.1, -0.05) is 78.9 Å². The molecule has 0 aromatic heterocycles. The zero-order valence-electron chi connectivity index (χ0n) is 18.7. The third-order valence-corrected chi connectivity index (χ3v) is 5.72. The number of amides is 2. The molecule has 4 nitrogen and oxygen atoms in total. The first-order valence-corrected chi connectivity index (χ1v) is 10.9. The highest BCUT2D eigenvalue weighted by Gasteiger charge is 2.24. The van der Waals surface area contributed by atoms with E-state index in [0.717, 1.165) is 27.9 Å². The van der Waals surface area contributed by atoms with E-state index >= 15 is 0 Å². The third-order valence-electron chi connectivity index (χ3n) is 5.72. The number of nitrogens with one attached hydrogen (secondary N) is 2. The van der Waals surface area contributed by atoms with Crippen molar-refractivity contribution in [2.45, 2.75) is 19.8 Å². The molecule has 0 unspecified atom stereocenters. The zero-order valence-corrected chi connectivity index (χ0v) is 18.7. The summed E-state index contributed by atoms with van der Waals surface area (Å²) in [6.45, 7) is 4.04. The Morgan fingerprint density at radius 3 is 1.82 bits per heavy atom. The molecule has 4 rings (SSSR count). The summed E-state index contributed by atoms with van der Waals surface area (Å²) in [5.74, 6) is -0.966. The topological polar surface area (TPSA) is 58.2 Å². The number of anilines is 2. The molecule has 0 aliphatic rings. The fraction of sp³-hybridized carbons (Fsp3) is 0.103. The number of aryl methyl sites for hydroxylation is 2. The minimum Gasteiger partial charge on any atom is -0.325 e. The molecule has 4 aromatic rings. The van der Waals surface area contributed by atoms with Crippen LogP contribution in [0.25, 0.3) is 0 Å². The molecule has 0 saturated carbocycles. The van der Waals surface area contributed by atoms with E-state index in [4.69, 9.17) is 0 Å². The third kappa shape index (κ3) is 5.18. The van der Waals surface area contributed by atoms with Gasteiger partial charge in [-0.05, 0) is 60.4 Å². The maximum Gasteiger partial charge on any atom is 0.257 e. The van der Waals surface area contributed by atoms with Gasteiger partial charge in [0.25, 0.3) is 5.91 Å². The van der Waals surface area contributed by atoms with Crippen LogP contribution in [0.5, 0.6) is 0 Å². The molecule has 0 aliphatic carbocycles. The molecule has 0 aliphatic heterocycles. The molecule has 2 amide bonds. The second-order valence-corrected chi connectivity index (χ2v) is 8.04. The summed E-state index contributed by atoms with van der Waals surface area (Å²) in [5, 5.41) is 5.94. The lowest BCUT2D eigenvalue weighted by molar-refractivity contribution is -0.116. The number of hydrogen-bond acceptors (Lipinski definition) is 2.